The van der Waals surface area contributed by atoms with Crippen LogP contribution in [0.2, 0.25) is 0 Å². The molecule has 2 heterocycles. The first-order chi connectivity index (χ1) is 24.3. The Balaban J connectivity index is 1.20. The molecule has 2 nitrogen and oxygen atoms in total. The minimum absolute atomic E-state index is 0.903. The highest BCUT2D eigenvalue weighted by atomic mass is 32.1. The van der Waals surface area contributed by atoms with Crippen molar-refractivity contribution >= 4 is 81.3 Å². The zero-order valence-corrected chi connectivity index (χ0v) is 27.3. The molecule has 0 aliphatic rings. The quantitative estimate of drug-likeness (QED) is 0.186. The number of thiophene rings is 1. The highest BCUT2D eigenvalue weighted by molar-refractivity contribution is 7.26. The van der Waals surface area contributed by atoms with E-state index in [4.69, 9.17) is 4.42 Å². The topological polar surface area (TPSA) is 16.4 Å². The summed E-state index contributed by atoms with van der Waals surface area (Å²) in [6.45, 7) is 0. The second kappa shape index (κ2) is 11.2. The van der Waals surface area contributed by atoms with Gasteiger partial charge < -0.3 is 9.32 Å². The van der Waals surface area contributed by atoms with Crippen LogP contribution in [0.25, 0.3) is 75.1 Å². The lowest BCUT2D eigenvalue weighted by atomic mass is 9.98. The summed E-state index contributed by atoms with van der Waals surface area (Å²) in [7, 11) is 0. The Kier molecular flexibility index (Phi) is 6.39. The van der Waals surface area contributed by atoms with Crippen molar-refractivity contribution in [1.29, 1.82) is 0 Å². The van der Waals surface area contributed by atoms with Crippen molar-refractivity contribution in [3.05, 3.63) is 176 Å². The highest BCUT2D eigenvalue weighted by Crippen LogP contribution is 2.47. The average molecular weight is 644 g/mol. The van der Waals surface area contributed by atoms with Crippen molar-refractivity contribution < 1.29 is 4.42 Å². The molecule has 0 amide bonds. The highest BCUT2D eigenvalue weighted by Gasteiger charge is 2.20. The van der Waals surface area contributed by atoms with Crippen LogP contribution in [0.1, 0.15) is 0 Å². The zero-order valence-electron chi connectivity index (χ0n) is 26.5. The predicted octanol–water partition coefficient (Wildman–Crippen LogP) is 13.9. The maximum absolute atomic E-state index is 6.28. The van der Waals surface area contributed by atoms with E-state index in [2.05, 4.69) is 169 Å². The van der Waals surface area contributed by atoms with E-state index in [1.54, 1.807) is 0 Å². The van der Waals surface area contributed by atoms with Crippen LogP contribution in [0, 0.1) is 0 Å². The van der Waals surface area contributed by atoms with E-state index >= 15 is 0 Å². The van der Waals surface area contributed by atoms with E-state index in [0.29, 0.717) is 0 Å². The fraction of sp³-hybridized carbons (Fsp3) is 0. The van der Waals surface area contributed by atoms with Gasteiger partial charge in [0.25, 0.3) is 0 Å². The molecule has 10 rings (SSSR count). The predicted molar refractivity (Wildman–Crippen MR) is 210 cm³/mol. The van der Waals surface area contributed by atoms with Gasteiger partial charge in [-0.15, -0.1) is 11.3 Å². The SMILES string of the molecule is c1ccc(-c2ccc(N(c3cccc(-c4cccc5oc6ccccc6c45)c3)c3cccc4c3sc3ccc5ccccc5c34)cc2)cc1. The second-order valence-corrected chi connectivity index (χ2v) is 13.5. The number of rotatable bonds is 5. The van der Waals surface area contributed by atoms with Gasteiger partial charge in [-0.2, -0.15) is 0 Å². The van der Waals surface area contributed by atoms with Crippen LogP contribution in [-0.4, -0.2) is 0 Å². The lowest BCUT2D eigenvalue weighted by Gasteiger charge is -2.27. The number of fused-ring (bicyclic) bond motifs is 8. The molecule has 0 radical (unpaired) electrons. The standard InChI is InChI=1S/C46H29NOS/c1-2-11-30(12-3-1)31-23-26-34(27-24-31)47(40-20-9-19-39-45-36-16-5-4-13-32(36)25-28-43(45)49-46(39)40)35-15-8-14-33(29-35)37-18-10-22-42-44(37)38-17-6-7-21-41(38)48-42/h1-29H. The Morgan fingerprint density at radius 2 is 1.12 bits per heavy atom. The number of hydrogen-bond donors (Lipinski definition) is 0. The van der Waals surface area contributed by atoms with Crippen molar-refractivity contribution in [2.45, 2.75) is 0 Å². The van der Waals surface area contributed by atoms with Crippen LogP contribution >= 0.6 is 11.3 Å². The van der Waals surface area contributed by atoms with E-state index in [1.165, 1.54) is 47.8 Å². The summed E-state index contributed by atoms with van der Waals surface area (Å²) in [6, 6.07) is 63.2. The molecule has 2 aromatic heterocycles. The van der Waals surface area contributed by atoms with Crippen LogP contribution in [0.15, 0.2) is 180 Å². The molecule has 49 heavy (non-hydrogen) atoms. The Morgan fingerprint density at radius 1 is 0.429 bits per heavy atom. The van der Waals surface area contributed by atoms with Gasteiger partial charge in [0.05, 0.1) is 10.4 Å². The molecular weight excluding hydrogens is 615 g/mol. The Labute approximate surface area is 287 Å². The van der Waals surface area contributed by atoms with Crippen molar-refractivity contribution in [2.75, 3.05) is 4.90 Å². The van der Waals surface area contributed by atoms with Crippen molar-refractivity contribution in [3.63, 3.8) is 0 Å². The molecule has 0 saturated heterocycles. The maximum Gasteiger partial charge on any atom is 0.136 e. The van der Waals surface area contributed by atoms with Crippen LogP contribution in [0.5, 0.6) is 0 Å². The summed E-state index contributed by atoms with van der Waals surface area (Å²) in [6.07, 6.45) is 0. The van der Waals surface area contributed by atoms with Gasteiger partial charge >= 0.3 is 0 Å². The van der Waals surface area contributed by atoms with Gasteiger partial charge in [0.15, 0.2) is 0 Å². The molecular formula is C46H29NOS. The summed E-state index contributed by atoms with van der Waals surface area (Å²) < 4.78 is 8.85. The first-order valence-electron chi connectivity index (χ1n) is 16.6. The number of furan rings is 1. The first kappa shape index (κ1) is 27.9. The molecule has 0 aliphatic heterocycles. The fourth-order valence-electron chi connectivity index (χ4n) is 7.42. The monoisotopic (exact) mass is 643 g/mol. The largest absolute Gasteiger partial charge is 0.456 e. The maximum atomic E-state index is 6.28. The summed E-state index contributed by atoms with van der Waals surface area (Å²) in [5, 5.41) is 7.45. The van der Waals surface area contributed by atoms with Gasteiger partial charge in [0.1, 0.15) is 11.2 Å². The van der Waals surface area contributed by atoms with E-state index in [-0.39, 0.29) is 0 Å². The molecule has 0 spiro atoms. The van der Waals surface area contributed by atoms with Crippen LogP contribution in [-0.2, 0) is 0 Å². The van der Waals surface area contributed by atoms with Crippen LogP contribution < -0.4 is 4.90 Å². The van der Waals surface area contributed by atoms with Gasteiger partial charge in [-0.1, -0.05) is 127 Å². The Bertz CT molecular complexity index is 2830. The smallest absolute Gasteiger partial charge is 0.136 e. The summed E-state index contributed by atoms with van der Waals surface area (Å²) in [4.78, 5) is 2.42. The molecule has 0 bridgehead atoms. The number of hydrogen-bond acceptors (Lipinski definition) is 3. The van der Waals surface area contributed by atoms with Crippen molar-refractivity contribution in [3.8, 4) is 22.3 Å². The fourth-order valence-corrected chi connectivity index (χ4v) is 8.64. The van der Waals surface area contributed by atoms with Gasteiger partial charge in [-0.3, -0.25) is 0 Å². The number of anilines is 3. The second-order valence-electron chi connectivity index (χ2n) is 12.5. The third-order valence-corrected chi connectivity index (χ3v) is 10.9. The molecule has 3 heteroatoms. The third kappa shape index (κ3) is 4.55. The minimum atomic E-state index is 0.903. The number of nitrogens with zero attached hydrogens (tertiary/aromatic N) is 1. The molecule has 10 aromatic rings. The average Bonchev–Trinajstić information content (AvgIpc) is 3.75. The van der Waals surface area contributed by atoms with Crippen LogP contribution in [0.3, 0.4) is 0 Å². The van der Waals surface area contributed by atoms with Crippen molar-refractivity contribution in [1.82, 2.24) is 0 Å². The van der Waals surface area contributed by atoms with E-state index in [9.17, 15) is 0 Å². The van der Waals surface area contributed by atoms with Gasteiger partial charge in [0.2, 0.25) is 0 Å². The normalized spacial score (nSPS) is 11.7. The number of benzene rings is 8. The summed E-state index contributed by atoms with van der Waals surface area (Å²) in [5.41, 5.74) is 9.90. The molecule has 0 unspecified atom stereocenters. The van der Waals surface area contributed by atoms with E-state index < -0.39 is 0 Å². The van der Waals surface area contributed by atoms with Gasteiger partial charge in [0, 0.05) is 37.6 Å². The van der Waals surface area contributed by atoms with Gasteiger partial charge in [-0.25, -0.2) is 0 Å². The lowest BCUT2D eigenvalue weighted by Crippen LogP contribution is -2.10. The Hall–Kier alpha value is -6.16. The summed E-state index contributed by atoms with van der Waals surface area (Å²) in [5.74, 6) is 0. The molecule has 0 N–H and O–H groups in total. The number of para-hydroxylation sites is 1. The van der Waals surface area contributed by atoms with E-state index in [0.717, 1.165) is 44.4 Å². The molecule has 8 aromatic carbocycles. The van der Waals surface area contributed by atoms with Crippen molar-refractivity contribution in [2.24, 2.45) is 0 Å². The summed E-state index contributed by atoms with van der Waals surface area (Å²) >= 11 is 1.87. The van der Waals surface area contributed by atoms with Gasteiger partial charge in [-0.05, 0) is 81.6 Å². The zero-order chi connectivity index (χ0) is 32.3. The molecule has 0 fully saturated rings. The molecule has 0 saturated carbocycles. The molecule has 0 aliphatic carbocycles. The molecule has 0 atom stereocenters. The third-order valence-electron chi connectivity index (χ3n) is 9.66. The Morgan fingerprint density at radius 3 is 2.02 bits per heavy atom. The lowest BCUT2D eigenvalue weighted by molar-refractivity contribution is 0.669. The first-order valence-corrected chi connectivity index (χ1v) is 17.4. The molecule has 230 valence electrons. The van der Waals surface area contributed by atoms with Crippen LogP contribution in [0.4, 0.5) is 17.1 Å². The van der Waals surface area contributed by atoms with E-state index in [1.807, 2.05) is 23.5 Å². The minimum Gasteiger partial charge on any atom is -0.456 e.